The average molecular weight is 466 g/mol. The van der Waals surface area contributed by atoms with Crippen molar-refractivity contribution in [2.45, 2.75) is 0 Å². The number of hydrazine groups is 1. The molecule has 178 valence electrons. The van der Waals surface area contributed by atoms with Crippen molar-refractivity contribution in [3.63, 3.8) is 0 Å². The van der Waals surface area contributed by atoms with Gasteiger partial charge in [-0.1, -0.05) is 18.2 Å². The number of para-hydroxylation sites is 1. The number of amides is 2. The first-order chi connectivity index (χ1) is 16.5. The molecule has 0 aliphatic heterocycles. The Bertz CT molecular complexity index is 1080. The third-order valence-electron chi connectivity index (χ3n) is 4.70. The van der Waals surface area contributed by atoms with Crippen molar-refractivity contribution < 1.29 is 33.3 Å². The van der Waals surface area contributed by atoms with Crippen LogP contribution in [0.25, 0.3) is 0 Å². The first-order valence-electron chi connectivity index (χ1n) is 10.4. The molecule has 0 aliphatic rings. The van der Waals surface area contributed by atoms with E-state index >= 15 is 0 Å². The fourth-order valence-electron chi connectivity index (χ4n) is 3.01. The molecule has 0 aliphatic carbocycles. The highest BCUT2D eigenvalue weighted by atomic mass is 16.5. The molecule has 0 saturated heterocycles. The van der Waals surface area contributed by atoms with Gasteiger partial charge >= 0.3 is 0 Å². The molecule has 34 heavy (non-hydrogen) atoms. The summed E-state index contributed by atoms with van der Waals surface area (Å²) in [4.78, 5) is 24.9. The summed E-state index contributed by atoms with van der Waals surface area (Å²) in [5.74, 6) is 1.33. The second-order valence-corrected chi connectivity index (χ2v) is 6.86. The summed E-state index contributed by atoms with van der Waals surface area (Å²) in [6.07, 6.45) is 0. The second-order valence-electron chi connectivity index (χ2n) is 6.86. The number of hydrogen-bond acceptors (Lipinski definition) is 7. The highest BCUT2D eigenvalue weighted by molar-refractivity contribution is 5.99. The molecule has 3 aromatic carbocycles. The molecule has 2 amide bonds. The van der Waals surface area contributed by atoms with Gasteiger partial charge < -0.3 is 23.7 Å². The van der Waals surface area contributed by atoms with Crippen molar-refractivity contribution in [3.8, 4) is 28.7 Å². The van der Waals surface area contributed by atoms with Gasteiger partial charge in [-0.05, 0) is 48.5 Å². The van der Waals surface area contributed by atoms with Crippen LogP contribution in [0.4, 0.5) is 0 Å². The van der Waals surface area contributed by atoms with Crippen molar-refractivity contribution in [3.05, 3.63) is 77.9 Å². The molecule has 0 fully saturated rings. The van der Waals surface area contributed by atoms with Crippen LogP contribution in [0.5, 0.6) is 28.7 Å². The van der Waals surface area contributed by atoms with Gasteiger partial charge in [0, 0.05) is 11.1 Å². The second kappa shape index (κ2) is 12.0. The largest absolute Gasteiger partial charge is 0.493 e. The zero-order chi connectivity index (χ0) is 24.3. The Balaban J connectivity index is 1.50. The lowest BCUT2D eigenvalue weighted by molar-refractivity contribution is 0.0846. The van der Waals surface area contributed by atoms with Gasteiger partial charge in [-0.15, -0.1) is 0 Å². The van der Waals surface area contributed by atoms with Crippen molar-refractivity contribution in [1.29, 1.82) is 0 Å². The van der Waals surface area contributed by atoms with Crippen LogP contribution in [0, 0.1) is 0 Å². The summed E-state index contributed by atoms with van der Waals surface area (Å²) in [6.45, 7) is 0.741. The van der Waals surface area contributed by atoms with E-state index in [0.717, 1.165) is 5.75 Å². The van der Waals surface area contributed by atoms with E-state index in [1.807, 2.05) is 30.3 Å². The van der Waals surface area contributed by atoms with Gasteiger partial charge in [0.25, 0.3) is 11.8 Å². The lowest BCUT2D eigenvalue weighted by Gasteiger charge is -2.14. The summed E-state index contributed by atoms with van der Waals surface area (Å²) < 4.78 is 26.9. The van der Waals surface area contributed by atoms with Crippen LogP contribution in [0.2, 0.25) is 0 Å². The summed E-state index contributed by atoms with van der Waals surface area (Å²) in [7, 11) is 4.37. The monoisotopic (exact) mass is 466 g/mol. The van der Waals surface area contributed by atoms with Crippen LogP contribution >= 0.6 is 0 Å². The van der Waals surface area contributed by atoms with Crippen LogP contribution in [-0.4, -0.2) is 46.4 Å². The standard InChI is InChI=1S/C25H26N2O7/c1-30-21-15-18(16-22(31-2)23(21)32-3)25(29)27-26-24(28)17-9-11-20(12-10-17)34-14-13-33-19-7-5-4-6-8-19/h4-12,15-16H,13-14H2,1-3H3,(H,26,28)(H,27,29). The first-order valence-corrected chi connectivity index (χ1v) is 10.4. The normalized spacial score (nSPS) is 10.1. The van der Waals surface area contributed by atoms with E-state index in [-0.39, 0.29) is 5.56 Å². The Kier molecular flexibility index (Phi) is 8.56. The Morgan fingerprint density at radius 2 is 1.15 bits per heavy atom. The maximum absolute atomic E-state index is 12.5. The third-order valence-corrected chi connectivity index (χ3v) is 4.70. The molecule has 0 spiro atoms. The van der Waals surface area contributed by atoms with Gasteiger partial charge in [-0.25, -0.2) is 0 Å². The SMILES string of the molecule is COc1cc(C(=O)NNC(=O)c2ccc(OCCOc3ccccc3)cc2)cc(OC)c1OC. The number of carbonyl (C=O) groups is 2. The van der Waals surface area contributed by atoms with Gasteiger partial charge in [-0.2, -0.15) is 0 Å². The predicted octanol–water partition coefficient (Wildman–Crippen LogP) is 3.25. The molecule has 0 saturated carbocycles. The molecule has 3 aromatic rings. The molecule has 2 N–H and O–H groups in total. The minimum absolute atomic E-state index is 0.219. The molecular formula is C25H26N2O7. The topological polar surface area (TPSA) is 104 Å². The molecule has 3 rings (SSSR count). The van der Waals surface area contributed by atoms with E-state index in [1.165, 1.54) is 33.5 Å². The van der Waals surface area contributed by atoms with Gasteiger partial charge in [0.05, 0.1) is 21.3 Å². The van der Waals surface area contributed by atoms with Gasteiger partial charge in [0.2, 0.25) is 5.75 Å². The lowest BCUT2D eigenvalue weighted by atomic mass is 10.1. The van der Waals surface area contributed by atoms with E-state index in [0.29, 0.717) is 41.8 Å². The van der Waals surface area contributed by atoms with Crippen LogP contribution in [-0.2, 0) is 0 Å². The van der Waals surface area contributed by atoms with Crippen molar-refractivity contribution in [2.75, 3.05) is 34.5 Å². The molecule has 0 aromatic heterocycles. The van der Waals surface area contributed by atoms with E-state index in [2.05, 4.69) is 10.9 Å². The van der Waals surface area contributed by atoms with Crippen molar-refractivity contribution in [2.24, 2.45) is 0 Å². The summed E-state index contributed by atoms with van der Waals surface area (Å²) in [5.41, 5.74) is 5.31. The molecule has 9 nitrogen and oxygen atoms in total. The summed E-state index contributed by atoms with van der Waals surface area (Å²) in [5, 5.41) is 0. The number of methoxy groups -OCH3 is 3. The number of ether oxygens (including phenoxy) is 5. The Morgan fingerprint density at radius 1 is 0.647 bits per heavy atom. The fourth-order valence-corrected chi connectivity index (χ4v) is 3.01. The first kappa shape index (κ1) is 24.2. The number of nitrogens with one attached hydrogen (secondary N) is 2. The zero-order valence-electron chi connectivity index (χ0n) is 19.1. The molecule has 0 heterocycles. The van der Waals surface area contributed by atoms with Crippen LogP contribution in [0.3, 0.4) is 0 Å². The zero-order valence-corrected chi connectivity index (χ0v) is 19.1. The third kappa shape index (κ3) is 6.32. The molecule has 9 heteroatoms. The van der Waals surface area contributed by atoms with E-state index in [1.54, 1.807) is 24.3 Å². The highest BCUT2D eigenvalue weighted by Gasteiger charge is 2.17. The quantitative estimate of drug-likeness (QED) is 0.349. The number of rotatable bonds is 10. The van der Waals surface area contributed by atoms with E-state index in [9.17, 15) is 9.59 Å². The smallest absolute Gasteiger partial charge is 0.269 e. The molecule has 0 radical (unpaired) electrons. The predicted molar refractivity (Wildman–Crippen MR) is 125 cm³/mol. The maximum atomic E-state index is 12.5. The van der Waals surface area contributed by atoms with Crippen LogP contribution in [0.1, 0.15) is 20.7 Å². The van der Waals surface area contributed by atoms with Gasteiger partial charge in [0.1, 0.15) is 24.7 Å². The average Bonchev–Trinajstić information content (AvgIpc) is 2.89. The molecule has 0 bridgehead atoms. The molecular weight excluding hydrogens is 440 g/mol. The van der Waals surface area contributed by atoms with E-state index < -0.39 is 11.8 Å². The number of carbonyl (C=O) groups excluding carboxylic acids is 2. The number of hydrogen-bond donors (Lipinski definition) is 2. The summed E-state index contributed by atoms with van der Waals surface area (Å²) in [6, 6.07) is 18.9. The van der Waals surface area contributed by atoms with Crippen molar-refractivity contribution >= 4 is 11.8 Å². The van der Waals surface area contributed by atoms with Gasteiger partial charge in [-0.3, -0.25) is 20.4 Å². The fraction of sp³-hybridized carbons (Fsp3) is 0.200. The Labute approximate surface area is 197 Å². The minimum Gasteiger partial charge on any atom is -0.493 e. The Morgan fingerprint density at radius 3 is 1.65 bits per heavy atom. The van der Waals surface area contributed by atoms with Crippen molar-refractivity contribution in [1.82, 2.24) is 10.9 Å². The van der Waals surface area contributed by atoms with E-state index in [4.69, 9.17) is 23.7 Å². The highest BCUT2D eigenvalue weighted by Crippen LogP contribution is 2.38. The lowest BCUT2D eigenvalue weighted by Crippen LogP contribution is -2.41. The Hall–Kier alpha value is -4.40. The number of benzene rings is 3. The van der Waals surface area contributed by atoms with Crippen LogP contribution in [0.15, 0.2) is 66.7 Å². The van der Waals surface area contributed by atoms with Gasteiger partial charge in [0.15, 0.2) is 11.5 Å². The minimum atomic E-state index is -0.550. The summed E-state index contributed by atoms with van der Waals surface area (Å²) >= 11 is 0. The van der Waals surface area contributed by atoms with Crippen LogP contribution < -0.4 is 34.5 Å². The maximum Gasteiger partial charge on any atom is 0.269 e. The molecule has 0 atom stereocenters. The molecule has 0 unspecified atom stereocenters.